The standard InChI is InChI=1S/C24H27N5O3/c1-3-4-14-28(24(26)30)17-7-9-18(10-8-17)29-21(25)20-13-15-32-23(20)27-22(29)16-5-11-19(31-2)12-6-16/h5-13,15,21H,3-4,14,25H2,1-2H3,(H2,26,30). The van der Waals surface area contributed by atoms with Gasteiger partial charge in [-0.05, 0) is 61.0 Å². The third-order valence-corrected chi connectivity index (χ3v) is 5.50. The van der Waals surface area contributed by atoms with Gasteiger partial charge in [0, 0.05) is 23.5 Å². The second-order valence-corrected chi connectivity index (χ2v) is 7.52. The fourth-order valence-electron chi connectivity index (χ4n) is 3.75. The minimum absolute atomic E-state index is 0.468. The molecular formula is C24H27N5O3. The second kappa shape index (κ2) is 9.15. The van der Waals surface area contributed by atoms with Crippen LogP contribution in [0, 0.1) is 0 Å². The van der Waals surface area contributed by atoms with E-state index in [2.05, 4.69) is 6.92 Å². The highest BCUT2D eigenvalue weighted by Crippen LogP contribution is 2.38. The highest BCUT2D eigenvalue weighted by Gasteiger charge is 2.31. The number of amidine groups is 1. The Labute approximate surface area is 187 Å². The number of nitrogens with two attached hydrogens (primary N) is 2. The predicted molar refractivity (Wildman–Crippen MR) is 126 cm³/mol. The molecule has 0 spiro atoms. The number of benzene rings is 2. The maximum Gasteiger partial charge on any atom is 0.319 e. The van der Waals surface area contributed by atoms with E-state index in [1.54, 1.807) is 18.3 Å². The molecule has 0 fully saturated rings. The van der Waals surface area contributed by atoms with Crippen LogP contribution >= 0.6 is 0 Å². The first-order chi connectivity index (χ1) is 15.5. The molecule has 8 heteroatoms. The summed E-state index contributed by atoms with van der Waals surface area (Å²) in [7, 11) is 1.63. The first-order valence-electron chi connectivity index (χ1n) is 10.6. The van der Waals surface area contributed by atoms with Gasteiger partial charge in [0.05, 0.1) is 18.9 Å². The Hall–Kier alpha value is -3.78. The summed E-state index contributed by atoms with van der Waals surface area (Å²) in [6.45, 7) is 2.65. The van der Waals surface area contributed by atoms with Gasteiger partial charge in [-0.1, -0.05) is 13.3 Å². The molecule has 1 aliphatic heterocycles. The number of rotatable bonds is 7. The molecule has 1 unspecified atom stereocenters. The summed E-state index contributed by atoms with van der Waals surface area (Å²) in [4.78, 5) is 20.2. The molecule has 0 aliphatic carbocycles. The highest BCUT2D eigenvalue weighted by molar-refractivity contribution is 6.12. The average molecular weight is 434 g/mol. The van der Waals surface area contributed by atoms with Crippen molar-refractivity contribution in [2.24, 2.45) is 16.5 Å². The minimum Gasteiger partial charge on any atom is -0.497 e. The number of anilines is 2. The van der Waals surface area contributed by atoms with Gasteiger partial charge in [-0.25, -0.2) is 4.79 Å². The van der Waals surface area contributed by atoms with Crippen LogP contribution in [0.15, 0.2) is 70.3 Å². The van der Waals surface area contributed by atoms with E-state index >= 15 is 0 Å². The van der Waals surface area contributed by atoms with Gasteiger partial charge in [0.2, 0.25) is 5.88 Å². The molecule has 8 nitrogen and oxygen atoms in total. The van der Waals surface area contributed by atoms with Crippen LogP contribution in [0.1, 0.15) is 37.1 Å². The van der Waals surface area contributed by atoms with Crippen LogP contribution in [0.4, 0.5) is 22.1 Å². The van der Waals surface area contributed by atoms with Gasteiger partial charge in [0.1, 0.15) is 17.8 Å². The Morgan fingerprint density at radius 1 is 1.16 bits per heavy atom. The summed E-state index contributed by atoms with van der Waals surface area (Å²) in [6, 6.07) is 16.6. The predicted octanol–water partition coefficient (Wildman–Crippen LogP) is 4.53. The topological polar surface area (TPSA) is 110 Å². The number of amides is 2. The van der Waals surface area contributed by atoms with Crippen molar-refractivity contribution in [1.82, 2.24) is 0 Å². The summed E-state index contributed by atoms with van der Waals surface area (Å²) in [6.07, 6.45) is 2.94. The number of ether oxygens (including phenoxy) is 1. The number of carbonyl (C=O) groups excluding carboxylic acids is 1. The van der Waals surface area contributed by atoms with Crippen molar-refractivity contribution in [3.63, 3.8) is 0 Å². The number of nitrogens with zero attached hydrogens (tertiary/aromatic N) is 3. The zero-order valence-electron chi connectivity index (χ0n) is 18.2. The number of unbranched alkanes of at least 4 members (excludes halogenated alkanes) is 1. The zero-order chi connectivity index (χ0) is 22.7. The normalized spacial score (nSPS) is 15.2. The van der Waals surface area contributed by atoms with Crippen molar-refractivity contribution in [3.05, 3.63) is 72.0 Å². The van der Waals surface area contributed by atoms with Crippen LogP contribution in [0.3, 0.4) is 0 Å². The largest absolute Gasteiger partial charge is 0.497 e. The monoisotopic (exact) mass is 433 g/mol. The number of hydrogen-bond acceptors (Lipinski definition) is 6. The van der Waals surface area contributed by atoms with Gasteiger partial charge < -0.3 is 25.5 Å². The lowest BCUT2D eigenvalue weighted by Gasteiger charge is -2.34. The van der Waals surface area contributed by atoms with E-state index in [1.807, 2.05) is 59.5 Å². The number of aliphatic imine (C=N–C) groups is 1. The molecule has 32 heavy (non-hydrogen) atoms. The third-order valence-electron chi connectivity index (χ3n) is 5.50. The smallest absolute Gasteiger partial charge is 0.319 e. The van der Waals surface area contributed by atoms with Crippen LogP contribution in [0.2, 0.25) is 0 Å². The van der Waals surface area contributed by atoms with Crippen LogP contribution in [0.5, 0.6) is 5.75 Å². The molecule has 2 aromatic carbocycles. The van der Waals surface area contributed by atoms with Gasteiger partial charge >= 0.3 is 6.03 Å². The molecule has 4 N–H and O–H groups in total. The van der Waals surface area contributed by atoms with Gasteiger partial charge in [-0.3, -0.25) is 4.90 Å². The van der Waals surface area contributed by atoms with Gasteiger partial charge in [-0.15, -0.1) is 0 Å². The fraction of sp³-hybridized carbons (Fsp3) is 0.250. The molecule has 1 aliphatic rings. The lowest BCUT2D eigenvalue weighted by atomic mass is 10.1. The van der Waals surface area contributed by atoms with Crippen molar-refractivity contribution >= 4 is 29.1 Å². The van der Waals surface area contributed by atoms with Crippen LogP contribution < -0.4 is 26.0 Å². The molecule has 1 aromatic heterocycles. The number of urea groups is 1. The molecule has 1 atom stereocenters. The summed E-state index contributed by atoms with van der Waals surface area (Å²) in [5.41, 5.74) is 15.5. The lowest BCUT2D eigenvalue weighted by Crippen LogP contribution is -2.42. The number of hydrogen-bond donors (Lipinski definition) is 2. The van der Waals surface area contributed by atoms with E-state index in [1.165, 1.54) is 0 Å². The van der Waals surface area contributed by atoms with Crippen LogP contribution in [-0.2, 0) is 0 Å². The Kier molecular flexibility index (Phi) is 6.13. The Bertz CT molecular complexity index is 1110. The lowest BCUT2D eigenvalue weighted by molar-refractivity contribution is 0.254. The molecule has 2 heterocycles. The van der Waals surface area contributed by atoms with E-state index in [4.69, 9.17) is 25.6 Å². The Morgan fingerprint density at radius 3 is 2.50 bits per heavy atom. The molecule has 4 rings (SSSR count). The van der Waals surface area contributed by atoms with E-state index in [9.17, 15) is 4.79 Å². The number of furan rings is 1. The van der Waals surface area contributed by atoms with E-state index in [0.29, 0.717) is 18.3 Å². The van der Waals surface area contributed by atoms with Crippen molar-refractivity contribution in [3.8, 4) is 5.75 Å². The Morgan fingerprint density at radius 2 is 1.88 bits per heavy atom. The first-order valence-corrected chi connectivity index (χ1v) is 10.6. The van der Waals surface area contributed by atoms with E-state index < -0.39 is 12.2 Å². The maximum atomic E-state index is 11.9. The third kappa shape index (κ3) is 4.04. The average Bonchev–Trinajstić information content (AvgIpc) is 3.29. The van der Waals surface area contributed by atoms with Gasteiger partial charge in [0.15, 0.2) is 0 Å². The molecular weight excluding hydrogens is 406 g/mol. The van der Waals surface area contributed by atoms with Gasteiger partial charge in [0.25, 0.3) is 0 Å². The van der Waals surface area contributed by atoms with Crippen molar-refractivity contribution < 1.29 is 13.9 Å². The van der Waals surface area contributed by atoms with Crippen LogP contribution in [-0.4, -0.2) is 25.5 Å². The number of fused-ring (bicyclic) bond motifs is 1. The van der Waals surface area contributed by atoms with Gasteiger partial charge in [-0.2, -0.15) is 4.99 Å². The number of carbonyl (C=O) groups is 1. The second-order valence-electron chi connectivity index (χ2n) is 7.52. The summed E-state index contributed by atoms with van der Waals surface area (Å²) >= 11 is 0. The molecule has 0 saturated heterocycles. The van der Waals surface area contributed by atoms with E-state index in [-0.39, 0.29) is 0 Å². The maximum absolute atomic E-state index is 11.9. The minimum atomic E-state index is -0.489. The van der Waals surface area contributed by atoms with Crippen molar-refractivity contribution in [2.45, 2.75) is 25.9 Å². The highest BCUT2D eigenvalue weighted by atomic mass is 16.5. The summed E-state index contributed by atoms with van der Waals surface area (Å²) in [5.74, 6) is 1.91. The quantitative estimate of drug-likeness (QED) is 0.569. The molecule has 2 amide bonds. The summed E-state index contributed by atoms with van der Waals surface area (Å²) < 4.78 is 10.8. The fourth-order valence-corrected chi connectivity index (χ4v) is 3.75. The molecule has 3 aromatic rings. The molecule has 0 radical (unpaired) electrons. The van der Waals surface area contributed by atoms with Crippen molar-refractivity contribution in [1.29, 1.82) is 0 Å². The molecule has 0 bridgehead atoms. The SMILES string of the molecule is CCCCN(C(N)=O)c1ccc(N2C(c3ccc(OC)cc3)=Nc3occc3C2N)cc1. The van der Waals surface area contributed by atoms with Crippen molar-refractivity contribution in [2.75, 3.05) is 23.5 Å². The van der Waals surface area contributed by atoms with E-state index in [0.717, 1.165) is 41.1 Å². The molecule has 166 valence electrons. The number of primary amides is 1. The molecule has 0 saturated carbocycles. The Balaban J connectivity index is 1.72. The summed E-state index contributed by atoms with van der Waals surface area (Å²) in [5, 5.41) is 0. The van der Waals surface area contributed by atoms with Crippen LogP contribution in [0.25, 0.3) is 0 Å². The first kappa shape index (κ1) is 21.5. The zero-order valence-corrected chi connectivity index (χ0v) is 18.2. The number of methoxy groups -OCH3 is 1.